The minimum Gasteiger partial charge on any atom is -0.480 e. The van der Waals surface area contributed by atoms with Gasteiger partial charge in [-0.15, -0.1) is 0 Å². The smallest absolute Gasteiger partial charge is 0.320 e. The number of sulfonamides is 1. The number of carboxylic acids is 1. The van der Waals surface area contributed by atoms with E-state index < -0.39 is 21.7 Å². The number of aliphatic carboxylic acids is 1. The van der Waals surface area contributed by atoms with Gasteiger partial charge in [0, 0.05) is 31.9 Å². The molecule has 0 atom stereocenters. The molecule has 0 aliphatic carbocycles. The normalized spacial score (nSPS) is 11.6. The van der Waals surface area contributed by atoms with Crippen molar-refractivity contribution in [1.82, 2.24) is 9.29 Å². The largest absolute Gasteiger partial charge is 0.480 e. The van der Waals surface area contributed by atoms with E-state index in [9.17, 15) is 13.2 Å². The molecule has 0 aliphatic rings. The highest BCUT2D eigenvalue weighted by atomic mass is 32.2. The van der Waals surface area contributed by atoms with Crippen molar-refractivity contribution in [2.24, 2.45) is 0 Å². The fourth-order valence-electron chi connectivity index (χ4n) is 1.22. The maximum absolute atomic E-state index is 11.5. The van der Waals surface area contributed by atoms with Gasteiger partial charge in [-0.2, -0.15) is 0 Å². The molecular weight excluding hydrogens is 244 g/mol. The molecule has 0 saturated heterocycles. The lowest BCUT2D eigenvalue weighted by atomic mass is 10.3. The second-order valence-corrected chi connectivity index (χ2v) is 5.62. The van der Waals surface area contributed by atoms with Gasteiger partial charge in [-0.3, -0.25) is 9.78 Å². The van der Waals surface area contributed by atoms with Gasteiger partial charge < -0.3 is 5.11 Å². The molecule has 0 fully saturated rings. The van der Waals surface area contributed by atoms with Crippen LogP contribution in [0, 0.1) is 0 Å². The van der Waals surface area contributed by atoms with Gasteiger partial charge in [0.15, 0.2) is 5.75 Å². The molecule has 94 valence electrons. The summed E-state index contributed by atoms with van der Waals surface area (Å²) in [6.45, 7) is 0.215. The predicted molar refractivity (Wildman–Crippen MR) is 62.0 cm³/mol. The molecule has 0 saturated carbocycles. The van der Waals surface area contributed by atoms with Gasteiger partial charge in [0.05, 0.1) is 0 Å². The first-order valence-electron chi connectivity index (χ1n) is 4.97. The first-order valence-corrected chi connectivity index (χ1v) is 6.58. The van der Waals surface area contributed by atoms with Crippen molar-refractivity contribution in [2.45, 2.75) is 6.42 Å². The second-order valence-electron chi connectivity index (χ2n) is 3.54. The fourth-order valence-corrected chi connectivity index (χ4v) is 2.13. The summed E-state index contributed by atoms with van der Waals surface area (Å²) in [6.07, 6.45) is 2.08. The molecule has 0 unspecified atom stereocenters. The monoisotopic (exact) mass is 258 g/mol. The molecule has 1 heterocycles. The SMILES string of the molecule is CN(CCc1ccccn1)S(=O)(=O)CC(=O)O. The fraction of sp³-hybridized carbons (Fsp3) is 0.400. The average Bonchev–Trinajstić information content (AvgIpc) is 2.25. The number of likely N-dealkylation sites (N-methyl/N-ethyl adjacent to an activating group) is 1. The number of aromatic nitrogens is 1. The van der Waals surface area contributed by atoms with Gasteiger partial charge in [0.2, 0.25) is 10.0 Å². The summed E-state index contributed by atoms with van der Waals surface area (Å²) in [5, 5.41) is 8.47. The van der Waals surface area contributed by atoms with E-state index >= 15 is 0 Å². The predicted octanol–water partition coefficient (Wildman–Crippen LogP) is -0.0297. The Morgan fingerprint density at radius 2 is 2.18 bits per heavy atom. The van der Waals surface area contributed by atoms with Crippen molar-refractivity contribution in [3.05, 3.63) is 30.1 Å². The van der Waals surface area contributed by atoms with E-state index in [4.69, 9.17) is 5.11 Å². The van der Waals surface area contributed by atoms with Crippen LogP contribution in [-0.2, 0) is 21.2 Å². The second kappa shape index (κ2) is 5.74. The van der Waals surface area contributed by atoms with Crippen LogP contribution < -0.4 is 0 Å². The van der Waals surface area contributed by atoms with Gasteiger partial charge in [-0.25, -0.2) is 12.7 Å². The van der Waals surface area contributed by atoms with E-state index in [1.54, 1.807) is 18.3 Å². The standard InChI is InChI=1S/C10H14N2O4S/c1-12(17(15,16)8-10(13)14)7-5-9-4-2-3-6-11-9/h2-4,6H,5,7-8H2,1H3,(H,13,14). The molecule has 17 heavy (non-hydrogen) atoms. The first-order chi connectivity index (χ1) is 7.92. The first kappa shape index (κ1) is 13.6. The third-order valence-electron chi connectivity index (χ3n) is 2.19. The van der Waals surface area contributed by atoms with Crippen molar-refractivity contribution in [2.75, 3.05) is 19.3 Å². The van der Waals surface area contributed by atoms with Gasteiger partial charge in [-0.05, 0) is 12.1 Å². The highest BCUT2D eigenvalue weighted by Crippen LogP contribution is 2.02. The zero-order chi connectivity index (χ0) is 12.9. The molecule has 1 rings (SSSR count). The highest BCUT2D eigenvalue weighted by molar-refractivity contribution is 7.89. The quantitative estimate of drug-likeness (QED) is 0.774. The average molecular weight is 258 g/mol. The summed E-state index contributed by atoms with van der Waals surface area (Å²) in [5.74, 6) is -2.24. The van der Waals surface area contributed by atoms with Crippen LogP contribution in [0.5, 0.6) is 0 Å². The van der Waals surface area contributed by atoms with Crippen LogP contribution in [0.3, 0.4) is 0 Å². The zero-order valence-electron chi connectivity index (χ0n) is 9.41. The Hall–Kier alpha value is -1.47. The molecule has 1 N–H and O–H groups in total. The lowest BCUT2D eigenvalue weighted by Crippen LogP contribution is -2.33. The van der Waals surface area contributed by atoms with Crippen LogP contribution >= 0.6 is 0 Å². The van der Waals surface area contributed by atoms with E-state index in [2.05, 4.69) is 4.98 Å². The summed E-state index contributed by atoms with van der Waals surface area (Å²) in [6, 6.07) is 5.38. The van der Waals surface area contributed by atoms with E-state index in [1.807, 2.05) is 6.07 Å². The Morgan fingerprint density at radius 3 is 2.71 bits per heavy atom. The molecule has 0 spiro atoms. The molecule has 6 nitrogen and oxygen atoms in total. The Balaban J connectivity index is 2.55. The molecule has 0 amide bonds. The van der Waals surface area contributed by atoms with Gasteiger partial charge >= 0.3 is 5.97 Å². The minimum absolute atomic E-state index is 0.215. The summed E-state index contributed by atoms with van der Waals surface area (Å²) >= 11 is 0. The third kappa shape index (κ3) is 4.49. The van der Waals surface area contributed by atoms with Crippen molar-refractivity contribution < 1.29 is 18.3 Å². The molecule has 0 bridgehead atoms. The van der Waals surface area contributed by atoms with Gasteiger partial charge in [0.25, 0.3) is 0 Å². The van der Waals surface area contributed by atoms with Crippen molar-refractivity contribution in [1.29, 1.82) is 0 Å². The highest BCUT2D eigenvalue weighted by Gasteiger charge is 2.21. The van der Waals surface area contributed by atoms with Crippen LogP contribution in [0.2, 0.25) is 0 Å². The van der Waals surface area contributed by atoms with Crippen LogP contribution in [-0.4, -0.2) is 48.1 Å². The van der Waals surface area contributed by atoms with Gasteiger partial charge in [-0.1, -0.05) is 6.07 Å². The molecule has 0 aliphatic heterocycles. The van der Waals surface area contributed by atoms with Crippen LogP contribution in [0.25, 0.3) is 0 Å². The maximum atomic E-state index is 11.5. The topological polar surface area (TPSA) is 87.6 Å². The molecule has 7 heteroatoms. The molecule has 0 aromatic carbocycles. The number of rotatable bonds is 6. The third-order valence-corrected chi connectivity index (χ3v) is 3.93. The Bertz CT molecular complexity index is 472. The van der Waals surface area contributed by atoms with E-state index in [0.29, 0.717) is 6.42 Å². The van der Waals surface area contributed by atoms with E-state index in [1.165, 1.54) is 7.05 Å². The summed E-state index contributed by atoms with van der Waals surface area (Å²) in [7, 11) is -2.36. The van der Waals surface area contributed by atoms with E-state index in [-0.39, 0.29) is 6.54 Å². The summed E-state index contributed by atoms with van der Waals surface area (Å²) in [5.41, 5.74) is 0.768. The number of hydrogen-bond donors (Lipinski definition) is 1. The molecule has 1 aromatic rings. The Labute approximate surface area is 100.0 Å². The van der Waals surface area contributed by atoms with Crippen LogP contribution in [0.15, 0.2) is 24.4 Å². The van der Waals surface area contributed by atoms with E-state index in [0.717, 1.165) is 10.00 Å². The molecular formula is C10H14N2O4S. The van der Waals surface area contributed by atoms with Crippen LogP contribution in [0.4, 0.5) is 0 Å². The number of pyridine rings is 1. The van der Waals surface area contributed by atoms with Crippen LogP contribution in [0.1, 0.15) is 5.69 Å². The summed E-state index contributed by atoms with van der Waals surface area (Å²) in [4.78, 5) is 14.4. The lowest BCUT2D eigenvalue weighted by molar-refractivity contribution is -0.134. The maximum Gasteiger partial charge on any atom is 0.320 e. The number of carboxylic acid groups (broad SMARTS) is 1. The molecule has 1 aromatic heterocycles. The lowest BCUT2D eigenvalue weighted by Gasteiger charge is -2.15. The number of nitrogens with zero attached hydrogens (tertiary/aromatic N) is 2. The minimum atomic E-state index is -3.72. The van der Waals surface area contributed by atoms with Crippen molar-refractivity contribution >= 4 is 16.0 Å². The Morgan fingerprint density at radius 1 is 1.47 bits per heavy atom. The van der Waals surface area contributed by atoms with Crippen molar-refractivity contribution in [3.8, 4) is 0 Å². The van der Waals surface area contributed by atoms with Gasteiger partial charge in [0.1, 0.15) is 0 Å². The van der Waals surface area contributed by atoms with Crippen molar-refractivity contribution in [3.63, 3.8) is 0 Å². The molecule has 0 radical (unpaired) electrons. The Kier molecular flexibility index (Phi) is 4.59. The number of carbonyl (C=O) groups is 1. The number of hydrogen-bond acceptors (Lipinski definition) is 4. The summed E-state index contributed by atoms with van der Waals surface area (Å²) < 4.78 is 24.0. The zero-order valence-corrected chi connectivity index (χ0v) is 10.2.